The topological polar surface area (TPSA) is 77.9 Å². The largest absolute Gasteiger partial charge is 0.368 e. The summed E-state index contributed by atoms with van der Waals surface area (Å²) in [5, 5.41) is 10.3. The molecule has 1 N–H and O–H groups in total. The highest BCUT2D eigenvalue weighted by atomic mass is 33.1. The minimum absolute atomic E-state index is 0.340. The van der Waals surface area contributed by atoms with Gasteiger partial charge in [0.25, 0.3) is 17.7 Å². The molecule has 2 aromatic rings. The summed E-state index contributed by atoms with van der Waals surface area (Å²) in [4.78, 5) is 36.9. The van der Waals surface area contributed by atoms with Crippen molar-refractivity contribution in [3.05, 3.63) is 70.8 Å². The lowest BCUT2D eigenvalue weighted by molar-refractivity contribution is 0.0579. The number of nitrogens with zero attached hydrogens (tertiary/aromatic N) is 2. The minimum Gasteiger partial charge on any atom is -0.368 e. The van der Waals surface area contributed by atoms with Crippen molar-refractivity contribution in [1.29, 1.82) is 0 Å². The molecule has 0 radical (unpaired) electrons. The lowest BCUT2D eigenvalue weighted by atomic mass is 10.1. The van der Waals surface area contributed by atoms with Crippen molar-refractivity contribution in [2.45, 2.75) is 6.23 Å². The molecule has 120 valence electrons. The average molecular weight is 358 g/mol. The van der Waals surface area contributed by atoms with Gasteiger partial charge < -0.3 is 5.11 Å². The number of hydrogen-bond acceptors (Lipinski definition) is 6. The number of aliphatic hydroxyl groups is 1. The Hall–Kier alpha value is -2.29. The van der Waals surface area contributed by atoms with E-state index in [1.54, 1.807) is 48.5 Å². The Morgan fingerprint density at radius 2 is 1.29 bits per heavy atom. The fourth-order valence-electron chi connectivity index (χ4n) is 2.65. The molecule has 2 aromatic carbocycles. The van der Waals surface area contributed by atoms with Crippen LogP contribution in [0.3, 0.4) is 0 Å². The number of benzene rings is 2. The summed E-state index contributed by atoms with van der Waals surface area (Å²) < 4.78 is 2.15. The molecule has 0 aromatic heterocycles. The molecule has 0 bridgehead atoms. The van der Waals surface area contributed by atoms with Crippen molar-refractivity contribution >= 4 is 39.7 Å². The summed E-state index contributed by atoms with van der Waals surface area (Å²) in [6.07, 6.45) is -1.11. The van der Waals surface area contributed by atoms with E-state index in [4.69, 9.17) is 0 Å². The molecule has 0 aliphatic carbocycles. The van der Waals surface area contributed by atoms with Crippen molar-refractivity contribution in [2.75, 3.05) is 0 Å². The molecule has 3 amide bonds. The molecule has 2 heterocycles. The highest BCUT2D eigenvalue weighted by Crippen LogP contribution is 2.44. The predicted octanol–water partition coefficient (Wildman–Crippen LogP) is 2.64. The van der Waals surface area contributed by atoms with E-state index in [0.29, 0.717) is 22.3 Å². The van der Waals surface area contributed by atoms with E-state index in [0.717, 1.165) is 30.6 Å². The number of hydrogen-bond donors (Lipinski definition) is 1. The van der Waals surface area contributed by atoms with Crippen LogP contribution in [0.25, 0.3) is 0 Å². The van der Waals surface area contributed by atoms with Crippen LogP contribution in [-0.4, -0.2) is 31.4 Å². The number of carbonyl (C=O) groups excluding carboxylic acids is 3. The van der Waals surface area contributed by atoms with Crippen LogP contribution in [0.5, 0.6) is 0 Å². The van der Waals surface area contributed by atoms with Gasteiger partial charge in [0.15, 0.2) is 6.23 Å². The van der Waals surface area contributed by atoms with E-state index in [2.05, 4.69) is 0 Å². The number of aliphatic hydroxyl groups excluding tert-OH is 1. The molecule has 8 heteroatoms. The fraction of sp³-hybridized carbons (Fsp3) is 0.0625. The molecule has 2 aliphatic heterocycles. The predicted molar refractivity (Wildman–Crippen MR) is 89.7 cm³/mol. The second-order valence-electron chi connectivity index (χ2n) is 5.19. The van der Waals surface area contributed by atoms with Crippen LogP contribution in [0.2, 0.25) is 0 Å². The Bertz CT molecular complexity index is 851. The van der Waals surface area contributed by atoms with Crippen molar-refractivity contribution in [2.24, 2.45) is 0 Å². The summed E-state index contributed by atoms with van der Waals surface area (Å²) in [5.74, 6) is -1.20. The second-order valence-corrected chi connectivity index (χ2v) is 7.14. The maximum atomic E-state index is 12.3. The third-order valence-electron chi connectivity index (χ3n) is 3.84. The van der Waals surface area contributed by atoms with E-state index in [1.807, 2.05) is 0 Å². The molecule has 0 saturated heterocycles. The van der Waals surface area contributed by atoms with E-state index in [-0.39, 0.29) is 5.91 Å². The molecule has 0 spiro atoms. The summed E-state index contributed by atoms with van der Waals surface area (Å²) in [7, 11) is 1.70. The van der Waals surface area contributed by atoms with E-state index in [1.165, 1.54) is 0 Å². The zero-order valence-corrected chi connectivity index (χ0v) is 13.7. The SMILES string of the molecule is O=C1c2ccccc2C(=O)N1SSN1C(=O)c2ccccc2C1O. The molecule has 6 nitrogen and oxygen atoms in total. The number of carbonyl (C=O) groups is 3. The van der Waals surface area contributed by atoms with Gasteiger partial charge in [-0.1, -0.05) is 30.3 Å². The average Bonchev–Trinajstić information content (AvgIpc) is 3.00. The molecular weight excluding hydrogens is 348 g/mol. The van der Waals surface area contributed by atoms with Crippen molar-refractivity contribution < 1.29 is 19.5 Å². The fourth-order valence-corrected chi connectivity index (χ4v) is 4.75. The number of fused-ring (bicyclic) bond motifs is 2. The molecule has 2 aliphatic rings. The lowest BCUT2D eigenvalue weighted by Gasteiger charge is -2.20. The van der Waals surface area contributed by atoms with Crippen LogP contribution in [0, 0.1) is 0 Å². The highest BCUT2D eigenvalue weighted by Gasteiger charge is 2.40. The van der Waals surface area contributed by atoms with Crippen LogP contribution in [0.4, 0.5) is 0 Å². The van der Waals surface area contributed by atoms with Crippen LogP contribution in [0.1, 0.15) is 42.9 Å². The van der Waals surface area contributed by atoms with Crippen molar-refractivity contribution in [1.82, 2.24) is 8.61 Å². The maximum absolute atomic E-state index is 12.3. The van der Waals surface area contributed by atoms with Gasteiger partial charge in [-0.2, -0.15) is 0 Å². The molecule has 0 saturated carbocycles. The Morgan fingerprint density at radius 1 is 0.750 bits per heavy atom. The Morgan fingerprint density at radius 3 is 1.88 bits per heavy atom. The summed E-state index contributed by atoms with van der Waals surface area (Å²) in [6, 6.07) is 13.3. The minimum atomic E-state index is -1.11. The molecule has 1 unspecified atom stereocenters. The standard InChI is InChI=1S/C16H10N2O4S2/c19-13-9-5-1-2-6-10(9)14(20)17(13)23-24-18-15(21)11-7-3-4-8-12(11)16(18)22/h1-8,13,19H. The van der Waals surface area contributed by atoms with Crippen LogP contribution in [0.15, 0.2) is 48.5 Å². The Kier molecular flexibility index (Phi) is 3.60. The van der Waals surface area contributed by atoms with Crippen molar-refractivity contribution in [3.63, 3.8) is 0 Å². The summed E-state index contributed by atoms with van der Waals surface area (Å²) >= 11 is 0. The smallest absolute Gasteiger partial charge is 0.272 e. The summed E-state index contributed by atoms with van der Waals surface area (Å²) in [6.45, 7) is 0. The Balaban J connectivity index is 1.52. The number of amides is 3. The normalized spacial score (nSPS) is 19.0. The van der Waals surface area contributed by atoms with Gasteiger partial charge in [0.1, 0.15) is 0 Å². The van der Waals surface area contributed by atoms with E-state index >= 15 is 0 Å². The zero-order chi connectivity index (χ0) is 16.8. The van der Waals surface area contributed by atoms with Crippen molar-refractivity contribution in [3.8, 4) is 0 Å². The van der Waals surface area contributed by atoms with Gasteiger partial charge >= 0.3 is 0 Å². The first kappa shape index (κ1) is 15.3. The quantitative estimate of drug-likeness (QED) is 0.516. The molecular formula is C16H10N2O4S2. The van der Waals surface area contributed by atoms with Crippen LogP contribution < -0.4 is 0 Å². The third-order valence-corrected chi connectivity index (χ3v) is 6.04. The number of rotatable bonds is 3. The number of imide groups is 1. The maximum Gasteiger partial charge on any atom is 0.272 e. The van der Waals surface area contributed by atoms with E-state index in [9.17, 15) is 19.5 Å². The molecule has 0 fully saturated rings. The van der Waals surface area contributed by atoms with Gasteiger partial charge in [0.05, 0.1) is 33.1 Å². The van der Waals surface area contributed by atoms with Gasteiger partial charge in [0, 0.05) is 11.1 Å². The van der Waals surface area contributed by atoms with Gasteiger partial charge in [-0.15, -0.1) is 0 Å². The van der Waals surface area contributed by atoms with Crippen LogP contribution >= 0.6 is 22.0 Å². The van der Waals surface area contributed by atoms with Gasteiger partial charge in [-0.3, -0.25) is 14.4 Å². The van der Waals surface area contributed by atoms with Gasteiger partial charge in [-0.05, 0) is 18.2 Å². The lowest BCUT2D eigenvalue weighted by Crippen LogP contribution is -2.24. The van der Waals surface area contributed by atoms with Gasteiger partial charge in [-0.25, -0.2) is 8.61 Å². The highest BCUT2D eigenvalue weighted by molar-refractivity contribution is 8.75. The molecule has 24 heavy (non-hydrogen) atoms. The van der Waals surface area contributed by atoms with E-state index < -0.39 is 18.0 Å². The van der Waals surface area contributed by atoms with Crippen LogP contribution in [-0.2, 0) is 0 Å². The third kappa shape index (κ3) is 2.15. The van der Waals surface area contributed by atoms with Gasteiger partial charge in [0.2, 0.25) is 0 Å². The first-order valence-electron chi connectivity index (χ1n) is 7.02. The first-order chi connectivity index (χ1) is 11.6. The molecule has 4 rings (SSSR count). The monoisotopic (exact) mass is 358 g/mol. The zero-order valence-electron chi connectivity index (χ0n) is 12.1. The molecule has 1 atom stereocenters. The summed E-state index contributed by atoms with van der Waals surface area (Å²) in [5.41, 5.74) is 1.61. The Labute approximate surface area is 145 Å². The second kappa shape index (κ2) is 5.66. The first-order valence-corrected chi connectivity index (χ1v) is 9.09.